The van der Waals surface area contributed by atoms with Crippen LogP contribution >= 0.6 is 11.3 Å². The molecule has 1 saturated heterocycles. The molecular formula is C19H26N4OS. The molecule has 1 atom stereocenters. The molecule has 0 radical (unpaired) electrons. The van der Waals surface area contributed by atoms with E-state index in [1.54, 1.807) is 11.3 Å². The topological polar surface area (TPSA) is 47.6 Å². The molecule has 2 aromatic rings. The van der Waals surface area contributed by atoms with Crippen LogP contribution in [0.5, 0.6) is 0 Å². The van der Waals surface area contributed by atoms with Crippen LogP contribution in [0.15, 0.2) is 41.1 Å². The smallest absolute Gasteiger partial charge is 0.319 e. The van der Waals surface area contributed by atoms with E-state index in [0.717, 1.165) is 37.4 Å². The molecule has 1 aromatic carbocycles. The number of rotatable bonds is 5. The molecule has 1 aliphatic heterocycles. The number of amides is 2. The van der Waals surface area contributed by atoms with Crippen molar-refractivity contribution in [2.45, 2.75) is 13.0 Å². The summed E-state index contributed by atoms with van der Waals surface area (Å²) in [4.78, 5) is 17.1. The van der Waals surface area contributed by atoms with Crippen LogP contribution in [0, 0.1) is 6.92 Å². The van der Waals surface area contributed by atoms with Crippen LogP contribution in [-0.2, 0) is 0 Å². The lowest BCUT2D eigenvalue weighted by molar-refractivity contribution is 0.111. The summed E-state index contributed by atoms with van der Waals surface area (Å²) in [6.45, 7) is 6.81. The summed E-state index contributed by atoms with van der Waals surface area (Å²) < 4.78 is 0. The number of nitrogens with one attached hydrogen (secondary N) is 2. The van der Waals surface area contributed by atoms with Gasteiger partial charge in [-0.25, -0.2) is 4.79 Å². The normalized spacial score (nSPS) is 17.2. The molecule has 134 valence electrons. The van der Waals surface area contributed by atoms with Crippen LogP contribution < -0.4 is 10.6 Å². The minimum absolute atomic E-state index is 0.153. The Morgan fingerprint density at radius 2 is 2.04 bits per heavy atom. The molecule has 2 amide bonds. The van der Waals surface area contributed by atoms with Gasteiger partial charge in [0.2, 0.25) is 0 Å². The Morgan fingerprint density at radius 1 is 1.24 bits per heavy atom. The third-order valence-electron chi connectivity index (χ3n) is 4.64. The number of carbonyl (C=O) groups excluding carboxylic acids is 1. The number of hydrogen-bond acceptors (Lipinski definition) is 4. The average Bonchev–Trinajstić information content (AvgIpc) is 3.11. The maximum atomic E-state index is 12.3. The summed E-state index contributed by atoms with van der Waals surface area (Å²) >= 11 is 1.71. The van der Waals surface area contributed by atoms with Crippen LogP contribution in [0.3, 0.4) is 0 Å². The van der Waals surface area contributed by atoms with Crippen LogP contribution in [0.25, 0.3) is 0 Å². The molecule has 0 aliphatic carbocycles. The van der Waals surface area contributed by atoms with Crippen molar-refractivity contribution in [3.05, 3.63) is 52.2 Å². The molecule has 2 heterocycles. The lowest BCUT2D eigenvalue weighted by Gasteiger charge is -2.37. The second-order valence-corrected chi connectivity index (χ2v) is 7.40. The minimum atomic E-state index is -0.153. The second-order valence-electron chi connectivity index (χ2n) is 6.62. The SMILES string of the molecule is Cc1cccc(NC(=O)NC[C@@H](c2ccsc2)N2CCN(C)CC2)c1. The Hall–Kier alpha value is -1.89. The first-order chi connectivity index (χ1) is 12.1. The van der Waals surface area contributed by atoms with Crippen LogP contribution in [0.1, 0.15) is 17.2 Å². The largest absolute Gasteiger partial charge is 0.336 e. The molecule has 1 fully saturated rings. The van der Waals surface area contributed by atoms with E-state index < -0.39 is 0 Å². The van der Waals surface area contributed by atoms with Gasteiger partial charge in [0.15, 0.2) is 0 Å². The molecule has 1 aromatic heterocycles. The Labute approximate surface area is 153 Å². The average molecular weight is 359 g/mol. The molecule has 0 unspecified atom stereocenters. The van der Waals surface area contributed by atoms with Gasteiger partial charge in [-0.2, -0.15) is 11.3 Å². The van der Waals surface area contributed by atoms with E-state index in [2.05, 4.69) is 44.3 Å². The van der Waals surface area contributed by atoms with Crippen molar-refractivity contribution in [2.24, 2.45) is 0 Å². The van der Waals surface area contributed by atoms with Gasteiger partial charge in [0.25, 0.3) is 0 Å². The highest BCUT2D eigenvalue weighted by atomic mass is 32.1. The first-order valence-corrected chi connectivity index (χ1v) is 9.62. The van der Waals surface area contributed by atoms with E-state index in [-0.39, 0.29) is 12.1 Å². The molecule has 2 N–H and O–H groups in total. The number of hydrogen-bond donors (Lipinski definition) is 2. The minimum Gasteiger partial charge on any atom is -0.336 e. The Morgan fingerprint density at radius 3 is 2.72 bits per heavy atom. The number of thiophene rings is 1. The van der Waals surface area contributed by atoms with Crippen molar-refractivity contribution < 1.29 is 4.79 Å². The summed E-state index contributed by atoms with van der Waals surface area (Å²) in [5, 5.41) is 10.3. The van der Waals surface area contributed by atoms with Gasteiger partial charge >= 0.3 is 6.03 Å². The number of aryl methyl sites for hydroxylation is 1. The second kappa shape index (κ2) is 8.47. The monoisotopic (exact) mass is 358 g/mol. The third-order valence-corrected chi connectivity index (χ3v) is 5.34. The fraction of sp³-hybridized carbons (Fsp3) is 0.421. The molecule has 5 nitrogen and oxygen atoms in total. The summed E-state index contributed by atoms with van der Waals surface area (Å²) in [7, 11) is 2.16. The third kappa shape index (κ3) is 5.04. The lowest BCUT2D eigenvalue weighted by atomic mass is 10.1. The lowest BCUT2D eigenvalue weighted by Crippen LogP contribution is -2.48. The predicted octanol–water partition coefficient (Wildman–Crippen LogP) is 3.17. The predicted molar refractivity (Wildman–Crippen MR) is 104 cm³/mol. The highest BCUT2D eigenvalue weighted by Crippen LogP contribution is 2.23. The van der Waals surface area contributed by atoms with Gasteiger partial charge in [0.1, 0.15) is 0 Å². The van der Waals surface area contributed by atoms with Crippen molar-refractivity contribution in [3.63, 3.8) is 0 Å². The number of nitrogens with zero attached hydrogens (tertiary/aromatic N) is 2. The zero-order valence-electron chi connectivity index (χ0n) is 14.9. The molecule has 0 saturated carbocycles. The Balaban J connectivity index is 1.59. The molecule has 25 heavy (non-hydrogen) atoms. The highest BCUT2D eigenvalue weighted by Gasteiger charge is 2.24. The van der Waals surface area contributed by atoms with Gasteiger partial charge < -0.3 is 15.5 Å². The van der Waals surface area contributed by atoms with E-state index in [9.17, 15) is 4.79 Å². The number of likely N-dealkylation sites (N-methyl/N-ethyl adjacent to an activating group) is 1. The summed E-state index contributed by atoms with van der Waals surface area (Å²) in [5.41, 5.74) is 3.24. The molecule has 1 aliphatic rings. The zero-order valence-corrected chi connectivity index (χ0v) is 15.7. The fourth-order valence-corrected chi connectivity index (χ4v) is 3.85. The fourth-order valence-electron chi connectivity index (χ4n) is 3.14. The van der Waals surface area contributed by atoms with E-state index in [1.165, 1.54) is 5.56 Å². The van der Waals surface area contributed by atoms with E-state index >= 15 is 0 Å². The standard InChI is InChI=1S/C19H26N4OS/c1-15-4-3-5-17(12-15)21-19(24)20-13-18(16-6-11-25-14-16)23-9-7-22(2)8-10-23/h3-6,11-12,14,18H,7-10,13H2,1-2H3,(H2,20,21,24)/t18-/m0/s1. The maximum Gasteiger partial charge on any atom is 0.319 e. The van der Waals surface area contributed by atoms with Gasteiger partial charge in [-0.15, -0.1) is 0 Å². The van der Waals surface area contributed by atoms with Crippen molar-refractivity contribution in [2.75, 3.05) is 45.1 Å². The van der Waals surface area contributed by atoms with E-state index in [4.69, 9.17) is 0 Å². The summed E-state index contributed by atoms with van der Waals surface area (Å²) in [5.74, 6) is 0. The Bertz CT molecular complexity index is 680. The van der Waals surface area contributed by atoms with Crippen molar-refractivity contribution in [1.29, 1.82) is 0 Å². The first-order valence-electron chi connectivity index (χ1n) is 8.68. The number of benzene rings is 1. The summed E-state index contributed by atoms with van der Waals surface area (Å²) in [6.07, 6.45) is 0. The molecule has 6 heteroatoms. The molecule has 3 rings (SSSR count). The number of piperazine rings is 1. The quantitative estimate of drug-likeness (QED) is 0.863. The molecule has 0 bridgehead atoms. The van der Waals surface area contributed by atoms with Crippen molar-refractivity contribution >= 4 is 23.1 Å². The maximum absolute atomic E-state index is 12.3. The van der Waals surface area contributed by atoms with Gasteiger partial charge in [0.05, 0.1) is 6.04 Å². The number of carbonyl (C=O) groups is 1. The van der Waals surface area contributed by atoms with Gasteiger partial charge in [-0.05, 0) is 54.1 Å². The highest BCUT2D eigenvalue weighted by molar-refractivity contribution is 7.07. The van der Waals surface area contributed by atoms with Crippen molar-refractivity contribution in [1.82, 2.24) is 15.1 Å². The van der Waals surface area contributed by atoms with E-state index in [1.807, 2.05) is 31.2 Å². The van der Waals surface area contributed by atoms with Gasteiger partial charge in [0, 0.05) is 38.4 Å². The van der Waals surface area contributed by atoms with Crippen LogP contribution in [0.2, 0.25) is 0 Å². The first kappa shape index (κ1) is 17.9. The van der Waals surface area contributed by atoms with Crippen LogP contribution in [-0.4, -0.2) is 55.6 Å². The Kier molecular flexibility index (Phi) is 6.07. The molecule has 0 spiro atoms. The van der Waals surface area contributed by atoms with Crippen molar-refractivity contribution in [3.8, 4) is 0 Å². The van der Waals surface area contributed by atoms with Gasteiger partial charge in [-0.3, -0.25) is 4.90 Å². The van der Waals surface area contributed by atoms with E-state index in [0.29, 0.717) is 6.54 Å². The summed E-state index contributed by atoms with van der Waals surface area (Å²) in [6, 6.07) is 10.1. The zero-order chi connectivity index (χ0) is 17.6. The van der Waals surface area contributed by atoms with Crippen LogP contribution in [0.4, 0.5) is 10.5 Å². The molecular weight excluding hydrogens is 332 g/mol. The number of anilines is 1. The number of urea groups is 1. The van der Waals surface area contributed by atoms with Gasteiger partial charge in [-0.1, -0.05) is 12.1 Å².